The molecule has 178 valence electrons. The number of sulfonamides is 1. The number of hydrogen-bond donors (Lipinski definition) is 0. The van der Waals surface area contributed by atoms with Crippen molar-refractivity contribution in [1.29, 1.82) is 0 Å². The maximum Gasteiger partial charge on any atom is 0.260 e. The summed E-state index contributed by atoms with van der Waals surface area (Å²) in [5.41, 5.74) is 1.26. The molecule has 4 aromatic rings. The van der Waals surface area contributed by atoms with Gasteiger partial charge in [0.05, 0.1) is 21.4 Å². The molecule has 0 saturated heterocycles. The molecule has 0 atom stereocenters. The van der Waals surface area contributed by atoms with Crippen LogP contribution in [0.5, 0.6) is 0 Å². The lowest BCUT2D eigenvalue weighted by Crippen LogP contribution is -2.33. The number of amides is 1. The summed E-state index contributed by atoms with van der Waals surface area (Å²) in [6, 6.07) is 13.9. The normalized spacial score (nSPS) is 11.9. The molecule has 0 saturated carbocycles. The highest BCUT2D eigenvalue weighted by Gasteiger charge is 2.24. The highest BCUT2D eigenvalue weighted by atomic mass is 32.2. The Kier molecular flexibility index (Phi) is 7.40. The van der Waals surface area contributed by atoms with E-state index < -0.39 is 10.0 Å². The maximum atomic E-state index is 13.5. The van der Waals surface area contributed by atoms with Gasteiger partial charge in [-0.25, -0.2) is 18.4 Å². The molecule has 2 heterocycles. The number of carbonyl (C=O) groups excluding carboxylic acids is 1. The number of aromatic nitrogens is 3. The first kappa shape index (κ1) is 24.1. The van der Waals surface area contributed by atoms with Crippen molar-refractivity contribution in [3.63, 3.8) is 0 Å². The van der Waals surface area contributed by atoms with E-state index in [0.29, 0.717) is 36.8 Å². The van der Waals surface area contributed by atoms with E-state index in [9.17, 15) is 13.2 Å². The molecular formula is C24H27N5O3S2. The number of rotatable bonds is 10. The number of fused-ring (bicyclic) bond motifs is 1. The Morgan fingerprint density at radius 2 is 1.79 bits per heavy atom. The summed E-state index contributed by atoms with van der Waals surface area (Å²) in [6.45, 7) is 5.58. The fraction of sp³-hybridized carbons (Fsp3) is 0.292. The fourth-order valence-corrected chi connectivity index (χ4v) is 6.18. The van der Waals surface area contributed by atoms with E-state index >= 15 is 0 Å². The zero-order chi connectivity index (χ0) is 24.1. The number of thiazole rings is 1. The molecule has 34 heavy (non-hydrogen) atoms. The van der Waals surface area contributed by atoms with Crippen LogP contribution in [0.2, 0.25) is 0 Å². The van der Waals surface area contributed by atoms with Crippen LogP contribution in [0.1, 0.15) is 30.6 Å². The SMILES string of the molecule is CCN(CC)S(=O)(=O)c1ccc(C(=O)N(CCCn2ccnc2)c2nc3ccccc3s2)cc1. The lowest BCUT2D eigenvalue weighted by Gasteiger charge is -2.21. The van der Waals surface area contributed by atoms with Gasteiger partial charge < -0.3 is 4.57 Å². The molecule has 0 aliphatic carbocycles. The van der Waals surface area contributed by atoms with Crippen LogP contribution in [0, 0.1) is 0 Å². The van der Waals surface area contributed by atoms with Crippen LogP contribution < -0.4 is 4.90 Å². The number of imidazole rings is 1. The van der Waals surface area contributed by atoms with Crippen molar-refractivity contribution in [2.24, 2.45) is 0 Å². The third-order valence-electron chi connectivity index (χ3n) is 5.56. The van der Waals surface area contributed by atoms with Crippen molar-refractivity contribution in [1.82, 2.24) is 18.8 Å². The highest BCUT2D eigenvalue weighted by Crippen LogP contribution is 2.30. The van der Waals surface area contributed by atoms with Gasteiger partial charge in [-0.1, -0.05) is 37.3 Å². The first-order valence-corrected chi connectivity index (χ1v) is 13.4. The molecule has 1 amide bonds. The van der Waals surface area contributed by atoms with Gasteiger partial charge in [0.1, 0.15) is 0 Å². The molecular weight excluding hydrogens is 470 g/mol. The minimum atomic E-state index is -3.58. The average molecular weight is 498 g/mol. The molecule has 10 heteroatoms. The molecule has 0 radical (unpaired) electrons. The smallest absolute Gasteiger partial charge is 0.260 e. The highest BCUT2D eigenvalue weighted by molar-refractivity contribution is 7.89. The second-order valence-corrected chi connectivity index (χ2v) is 10.6. The van der Waals surface area contributed by atoms with E-state index in [1.54, 1.807) is 43.4 Å². The molecule has 2 aromatic heterocycles. The molecule has 2 aromatic carbocycles. The number of nitrogens with zero attached hydrogens (tertiary/aromatic N) is 5. The predicted molar refractivity (Wildman–Crippen MR) is 135 cm³/mol. The minimum absolute atomic E-state index is 0.180. The molecule has 0 aliphatic heterocycles. The molecule has 0 N–H and O–H groups in total. The topological polar surface area (TPSA) is 88.4 Å². The zero-order valence-corrected chi connectivity index (χ0v) is 20.8. The summed E-state index contributed by atoms with van der Waals surface area (Å²) in [7, 11) is -3.58. The first-order valence-electron chi connectivity index (χ1n) is 11.2. The average Bonchev–Trinajstić information content (AvgIpc) is 3.52. The summed E-state index contributed by atoms with van der Waals surface area (Å²) in [6.07, 6.45) is 6.08. The van der Waals surface area contributed by atoms with E-state index in [4.69, 9.17) is 0 Å². The van der Waals surface area contributed by atoms with Crippen LogP contribution in [-0.4, -0.2) is 52.8 Å². The number of hydrogen-bond acceptors (Lipinski definition) is 6. The Hall–Kier alpha value is -3.08. The summed E-state index contributed by atoms with van der Waals surface area (Å²) >= 11 is 1.47. The third-order valence-corrected chi connectivity index (χ3v) is 8.68. The number of benzene rings is 2. The molecule has 8 nitrogen and oxygen atoms in total. The monoisotopic (exact) mass is 497 g/mol. The van der Waals surface area contributed by atoms with Crippen LogP contribution in [-0.2, 0) is 16.6 Å². The molecule has 0 unspecified atom stereocenters. The van der Waals surface area contributed by atoms with Crippen LogP contribution in [0.15, 0.2) is 72.1 Å². The van der Waals surface area contributed by atoms with E-state index in [1.165, 1.54) is 27.8 Å². The van der Waals surface area contributed by atoms with Gasteiger partial charge in [-0.15, -0.1) is 0 Å². The van der Waals surface area contributed by atoms with Crippen LogP contribution in [0.25, 0.3) is 10.2 Å². The standard InChI is InChI=1S/C24H27N5O3S2/c1-3-28(4-2)34(31,32)20-12-10-19(11-13-20)23(30)29(16-7-15-27-17-14-25-18-27)24-26-21-8-5-6-9-22(21)33-24/h5-6,8-14,17-18H,3-4,7,15-16H2,1-2H3. The summed E-state index contributed by atoms with van der Waals surface area (Å²) in [4.78, 5) is 24.1. The van der Waals surface area contributed by atoms with Gasteiger partial charge in [0.15, 0.2) is 5.13 Å². The Morgan fingerprint density at radius 3 is 2.44 bits per heavy atom. The van der Waals surface area contributed by atoms with Gasteiger partial charge in [0.2, 0.25) is 10.0 Å². The number of para-hydroxylation sites is 1. The van der Waals surface area contributed by atoms with E-state index in [0.717, 1.165) is 16.8 Å². The molecule has 0 fully saturated rings. The van der Waals surface area contributed by atoms with Gasteiger partial charge in [0, 0.05) is 44.1 Å². The van der Waals surface area contributed by atoms with E-state index in [1.807, 2.05) is 35.0 Å². The Morgan fingerprint density at radius 1 is 1.06 bits per heavy atom. The van der Waals surface area contributed by atoms with Crippen LogP contribution >= 0.6 is 11.3 Å². The lowest BCUT2D eigenvalue weighted by atomic mass is 10.2. The van der Waals surface area contributed by atoms with E-state index in [-0.39, 0.29) is 10.8 Å². The van der Waals surface area contributed by atoms with Gasteiger partial charge in [-0.2, -0.15) is 4.31 Å². The molecule has 0 bridgehead atoms. The predicted octanol–water partition coefficient (Wildman–Crippen LogP) is 4.26. The van der Waals surface area contributed by atoms with Gasteiger partial charge in [0.25, 0.3) is 5.91 Å². The van der Waals surface area contributed by atoms with Gasteiger partial charge in [-0.05, 0) is 42.8 Å². The number of carbonyl (C=O) groups is 1. The zero-order valence-electron chi connectivity index (χ0n) is 19.2. The summed E-state index contributed by atoms with van der Waals surface area (Å²) in [5.74, 6) is -0.212. The van der Waals surface area contributed by atoms with Gasteiger partial charge in [-0.3, -0.25) is 9.69 Å². The molecule has 4 rings (SSSR count). The Labute approximate surface area is 203 Å². The fourth-order valence-electron chi connectivity index (χ4n) is 3.73. The lowest BCUT2D eigenvalue weighted by molar-refractivity contribution is 0.0986. The van der Waals surface area contributed by atoms with E-state index in [2.05, 4.69) is 9.97 Å². The second-order valence-electron chi connectivity index (χ2n) is 7.69. The molecule has 0 aliphatic rings. The number of anilines is 1. The van der Waals surface area contributed by atoms with Crippen LogP contribution in [0.3, 0.4) is 0 Å². The third kappa shape index (κ3) is 5.03. The quantitative estimate of drug-likeness (QED) is 0.327. The summed E-state index contributed by atoms with van der Waals surface area (Å²) < 4.78 is 30.0. The van der Waals surface area contributed by atoms with Crippen molar-refractivity contribution in [3.8, 4) is 0 Å². The summed E-state index contributed by atoms with van der Waals surface area (Å²) in [5, 5.41) is 0.622. The maximum absolute atomic E-state index is 13.5. The number of aryl methyl sites for hydroxylation is 1. The second kappa shape index (κ2) is 10.5. The van der Waals surface area contributed by atoms with Crippen molar-refractivity contribution in [2.75, 3.05) is 24.5 Å². The largest absolute Gasteiger partial charge is 0.337 e. The Balaban J connectivity index is 1.60. The van der Waals surface area contributed by atoms with Crippen molar-refractivity contribution >= 4 is 42.6 Å². The first-order chi connectivity index (χ1) is 16.4. The van der Waals surface area contributed by atoms with Crippen molar-refractivity contribution in [3.05, 3.63) is 72.8 Å². The molecule has 0 spiro atoms. The van der Waals surface area contributed by atoms with Gasteiger partial charge >= 0.3 is 0 Å². The Bertz CT molecular complexity index is 1310. The van der Waals surface area contributed by atoms with Crippen molar-refractivity contribution in [2.45, 2.75) is 31.7 Å². The van der Waals surface area contributed by atoms with Crippen molar-refractivity contribution < 1.29 is 13.2 Å². The minimum Gasteiger partial charge on any atom is -0.337 e. The van der Waals surface area contributed by atoms with Crippen LogP contribution in [0.4, 0.5) is 5.13 Å².